The van der Waals surface area contributed by atoms with Gasteiger partial charge in [-0.25, -0.2) is 0 Å². The Bertz CT molecular complexity index is 1320. The van der Waals surface area contributed by atoms with E-state index in [0.29, 0.717) is 11.4 Å². The smallest absolute Gasteiger partial charge is 0.416 e. The molecule has 9 nitrogen and oxygen atoms in total. The van der Waals surface area contributed by atoms with Crippen LogP contribution in [0.1, 0.15) is 23.5 Å². The first-order valence-corrected chi connectivity index (χ1v) is 9.98. The van der Waals surface area contributed by atoms with Crippen molar-refractivity contribution in [1.82, 2.24) is 9.97 Å². The van der Waals surface area contributed by atoms with Gasteiger partial charge in [0.25, 0.3) is 5.56 Å². The van der Waals surface area contributed by atoms with Crippen molar-refractivity contribution in [3.63, 3.8) is 0 Å². The lowest BCUT2D eigenvalue weighted by Crippen LogP contribution is -2.36. The molecule has 12 heteroatoms. The second-order valence-corrected chi connectivity index (χ2v) is 7.37. The van der Waals surface area contributed by atoms with Crippen LogP contribution in [0, 0.1) is 0 Å². The van der Waals surface area contributed by atoms with Crippen molar-refractivity contribution < 1.29 is 27.5 Å². The average molecular weight is 473 g/mol. The normalized spacial score (nSPS) is 15.2. The zero-order chi connectivity index (χ0) is 24.5. The fraction of sp³-hybridized carbons (Fsp3) is 0.182. The van der Waals surface area contributed by atoms with Gasteiger partial charge in [0.2, 0.25) is 17.8 Å². The SMILES string of the molecule is COc1ccccc1Nc1nc2c(c(=O)[nH]1)C(C(=O)Nc1cccc(C(F)(F)F)c1)CC(=O)N2. The van der Waals surface area contributed by atoms with Gasteiger partial charge in [0.1, 0.15) is 11.6 Å². The Kier molecular flexibility index (Phi) is 5.97. The van der Waals surface area contributed by atoms with Crippen LogP contribution in [0.3, 0.4) is 0 Å². The minimum atomic E-state index is -4.59. The van der Waals surface area contributed by atoms with Crippen LogP contribution < -0.4 is 26.2 Å². The summed E-state index contributed by atoms with van der Waals surface area (Å²) in [5.74, 6) is -2.29. The second kappa shape index (κ2) is 8.89. The summed E-state index contributed by atoms with van der Waals surface area (Å²) in [6.07, 6.45) is -4.97. The number of rotatable bonds is 5. The largest absolute Gasteiger partial charge is 0.495 e. The molecule has 1 atom stereocenters. The van der Waals surface area contributed by atoms with Crippen molar-refractivity contribution in [2.75, 3.05) is 23.1 Å². The van der Waals surface area contributed by atoms with Crippen LogP contribution in [0.2, 0.25) is 0 Å². The number of fused-ring (bicyclic) bond motifs is 1. The van der Waals surface area contributed by atoms with Crippen LogP contribution >= 0.6 is 0 Å². The van der Waals surface area contributed by atoms with Crippen molar-refractivity contribution in [3.8, 4) is 5.75 Å². The number of methoxy groups -OCH3 is 1. The summed E-state index contributed by atoms with van der Waals surface area (Å²) >= 11 is 0. The maximum Gasteiger partial charge on any atom is 0.416 e. The predicted octanol–water partition coefficient (Wildman–Crippen LogP) is 3.61. The number of nitrogens with zero attached hydrogens (tertiary/aromatic N) is 1. The zero-order valence-corrected chi connectivity index (χ0v) is 17.6. The van der Waals surface area contributed by atoms with Crippen molar-refractivity contribution in [2.24, 2.45) is 0 Å². The molecule has 0 spiro atoms. The first kappa shape index (κ1) is 22.8. The van der Waals surface area contributed by atoms with Gasteiger partial charge in [0.05, 0.1) is 29.8 Å². The number of hydrogen-bond acceptors (Lipinski definition) is 6. The number of ether oxygens (including phenoxy) is 1. The maximum absolute atomic E-state index is 13.0. The van der Waals surface area contributed by atoms with E-state index in [1.54, 1.807) is 24.3 Å². The molecule has 1 unspecified atom stereocenters. The molecule has 3 aromatic rings. The topological polar surface area (TPSA) is 125 Å². The molecule has 4 rings (SSSR count). The molecule has 0 bridgehead atoms. The Morgan fingerprint density at radius 3 is 2.65 bits per heavy atom. The monoisotopic (exact) mass is 473 g/mol. The third kappa shape index (κ3) is 4.70. The molecule has 0 saturated heterocycles. The maximum atomic E-state index is 13.0. The molecule has 2 amide bonds. The lowest BCUT2D eigenvalue weighted by Gasteiger charge is -2.24. The molecule has 2 heterocycles. The number of hydrogen-bond donors (Lipinski definition) is 4. The Balaban J connectivity index is 1.63. The number of benzene rings is 2. The van der Waals surface area contributed by atoms with Crippen molar-refractivity contribution in [2.45, 2.75) is 18.5 Å². The van der Waals surface area contributed by atoms with Gasteiger partial charge in [-0.1, -0.05) is 18.2 Å². The molecule has 1 aliphatic heterocycles. The fourth-order valence-corrected chi connectivity index (χ4v) is 3.53. The van der Waals surface area contributed by atoms with Gasteiger partial charge in [-0.15, -0.1) is 0 Å². The van der Waals surface area contributed by atoms with E-state index < -0.39 is 35.0 Å². The van der Waals surface area contributed by atoms with E-state index in [4.69, 9.17) is 4.74 Å². The number of alkyl halides is 3. The van der Waals surface area contributed by atoms with Gasteiger partial charge in [-0.3, -0.25) is 19.4 Å². The Morgan fingerprint density at radius 1 is 1.15 bits per heavy atom. The van der Waals surface area contributed by atoms with Gasteiger partial charge >= 0.3 is 6.18 Å². The Hall–Kier alpha value is -4.35. The van der Waals surface area contributed by atoms with Crippen LogP contribution in [0.4, 0.5) is 36.3 Å². The third-order valence-electron chi connectivity index (χ3n) is 5.09. The second-order valence-electron chi connectivity index (χ2n) is 7.37. The quantitative estimate of drug-likeness (QED) is 0.449. The van der Waals surface area contributed by atoms with Gasteiger partial charge in [0.15, 0.2) is 0 Å². The lowest BCUT2D eigenvalue weighted by molar-refractivity contribution is -0.137. The molecule has 1 aliphatic rings. The molecule has 0 radical (unpaired) electrons. The summed E-state index contributed by atoms with van der Waals surface area (Å²) in [7, 11) is 1.47. The van der Waals surface area contributed by atoms with Crippen LogP contribution in [0.15, 0.2) is 53.3 Å². The number of carbonyl (C=O) groups excluding carboxylic acids is 2. The molecule has 2 aromatic carbocycles. The van der Waals surface area contributed by atoms with Crippen LogP contribution in [-0.2, 0) is 15.8 Å². The van der Waals surface area contributed by atoms with Gasteiger partial charge < -0.3 is 20.7 Å². The highest BCUT2D eigenvalue weighted by Gasteiger charge is 2.35. The highest BCUT2D eigenvalue weighted by Crippen LogP contribution is 2.33. The molecule has 34 heavy (non-hydrogen) atoms. The molecular weight excluding hydrogens is 455 g/mol. The van der Waals surface area contributed by atoms with E-state index in [1.807, 2.05) is 0 Å². The molecule has 4 N–H and O–H groups in total. The molecule has 0 fully saturated rings. The number of nitrogens with one attached hydrogen (secondary N) is 4. The van der Waals surface area contributed by atoms with E-state index in [-0.39, 0.29) is 29.4 Å². The first-order valence-electron chi connectivity index (χ1n) is 9.98. The number of halogens is 3. The predicted molar refractivity (Wildman–Crippen MR) is 117 cm³/mol. The number of para-hydroxylation sites is 2. The first-order chi connectivity index (χ1) is 16.2. The van der Waals surface area contributed by atoms with Crippen molar-refractivity contribution in [1.29, 1.82) is 0 Å². The van der Waals surface area contributed by atoms with E-state index >= 15 is 0 Å². The number of aromatic nitrogens is 2. The van der Waals surface area contributed by atoms with Crippen LogP contribution in [0.25, 0.3) is 0 Å². The molecule has 1 aromatic heterocycles. The molecule has 176 valence electrons. The minimum Gasteiger partial charge on any atom is -0.495 e. The lowest BCUT2D eigenvalue weighted by atomic mass is 9.92. The highest BCUT2D eigenvalue weighted by molar-refractivity contribution is 6.04. The van der Waals surface area contributed by atoms with Gasteiger partial charge in [-0.05, 0) is 30.3 Å². The summed E-state index contributed by atoms with van der Waals surface area (Å²) in [4.78, 5) is 44.6. The molecular formula is C22H18F3N5O4. The highest BCUT2D eigenvalue weighted by atomic mass is 19.4. The van der Waals surface area contributed by atoms with E-state index in [1.165, 1.54) is 13.2 Å². The molecule has 0 aliphatic carbocycles. The van der Waals surface area contributed by atoms with E-state index in [0.717, 1.165) is 18.2 Å². The summed E-state index contributed by atoms with van der Waals surface area (Å²) in [6.45, 7) is 0. The van der Waals surface area contributed by atoms with Gasteiger partial charge in [-0.2, -0.15) is 18.2 Å². The number of amides is 2. The third-order valence-corrected chi connectivity index (χ3v) is 5.09. The Morgan fingerprint density at radius 2 is 1.91 bits per heavy atom. The molecule has 0 saturated carbocycles. The van der Waals surface area contributed by atoms with Crippen molar-refractivity contribution >= 4 is 35.0 Å². The number of anilines is 4. The average Bonchev–Trinajstić information content (AvgIpc) is 2.78. The fourth-order valence-electron chi connectivity index (χ4n) is 3.53. The van der Waals surface area contributed by atoms with Gasteiger partial charge in [0, 0.05) is 12.1 Å². The summed E-state index contributed by atoms with van der Waals surface area (Å²) in [5.41, 5.74) is -1.36. The standard InChI is InChI=1S/C22H18F3N5O4/c1-34-15-8-3-2-7-14(15)27-21-29-18-17(20(33)30-21)13(10-16(31)28-18)19(32)26-12-6-4-5-11(9-12)22(23,24)25/h2-9,13H,10H2,1H3,(H,26,32)(H3,27,28,29,30,31,33). The number of H-pyrrole nitrogens is 1. The van der Waals surface area contributed by atoms with E-state index in [2.05, 4.69) is 25.9 Å². The summed E-state index contributed by atoms with van der Waals surface area (Å²) in [6, 6.07) is 10.9. The van der Waals surface area contributed by atoms with Crippen LogP contribution in [-0.4, -0.2) is 28.9 Å². The summed E-state index contributed by atoms with van der Waals surface area (Å²) < 4.78 is 44.1. The van der Waals surface area contributed by atoms with Crippen LogP contribution in [0.5, 0.6) is 5.75 Å². The number of aromatic amines is 1. The Labute approximate surface area is 190 Å². The van der Waals surface area contributed by atoms with Crippen molar-refractivity contribution in [3.05, 3.63) is 70.0 Å². The zero-order valence-electron chi connectivity index (χ0n) is 17.6. The summed E-state index contributed by atoms with van der Waals surface area (Å²) in [5, 5.41) is 7.70. The minimum absolute atomic E-state index is 0.00696. The number of carbonyl (C=O) groups is 2. The van der Waals surface area contributed by atoms with E-state index in [9.17, 15) is 27.6 Å².